The first kappa shape index (κ1) is 21.1. The molecule has 2 aromatic carbocycles. The monoisotopic (exact) mass is 452 g/mol. The topological polar surface area (TPSA) is 49.6 Å². The second kappa shape index (κ2) is 8.42. The van der Waals surface area contributed by atoms with Crippen LogP contribution in [0, 0.1) is 13.8 Å². The minimum absolute atomic E-state index is 0.409. The Morgan fingerprint density at radius 2 is 1.79 bits per heavy atom. The van der Waals surface area contributed by atoms with E-state index in [0.717, 1.165) is 56.9 Å². The van der Waals surface area contributed by atoms with Gasteiger partial charge in [0.05, 0.1) is 5.69 Å². The number of aromatic nitrogens is 4. The number of nitrogens with zero attached hydrogens (tertiary/aromatic N) is 6. The Morgan fingerprint density at radius 1 is 0.941 bits per heavy atom. The average molecular weight is 453 g/mol. The predicted molar refractivity (Wildman–Crippen MR) is 137 cm³/mol. The van der Waals surface area contributed by atoms with Crippen LogP contribution >= 0.6 is 0 Å². The minimum Gasteiger partial charge on any atom is -0.365 e. The molecule has 0 radical (unpaired) electrons. The Hall–Kier alpha value is -3.41. The van der Waals surface area contributed by atoms with Crippen molar-refractivity contribution < 1.29 is 0 Å². The van der Waals surface area contributed by atoms with Crippen LogP contribution < -0.4 is 9.80 Å². The van der Waals surface area contributed by atoms with Crippen LogP contribution in [0.2, 0.25) is 0 Å². The Labute approximate surface area is 201 Å². The summed E-state index contributed by atoms with van der Waals surface area (Å²) in [6, 6.07) is 17.9. The SMILES string of the molecule is Cc1ccc(Cc2nc3nc4c(c(N5CCN(c6cccc(C)c6)[C@H](C)C5)n3n2)CCC4)cc1. The molecule has 6 rings (SSSR count). The molecule has 2 aromatic heterocycles. The van der Waals surface area contributed by atoms with Gasteiger partial charge in [0.25, 0.3) is 5.78 Å². The Bertz CT molecular complexity index is 1340. The Balaban J connectivity index is 1.33. The fraction of sp³-hybridized carbons (Fsp3) is 0.393. The minimum atomic E-state index is 0.409. The third-order valence-corrected chi connectivity index (χ3v) is 7.27. The summed E-state index contributed by atoms with van der Waals surface area (Å²) < 4.78 is 2.03. The smallest absolute Gasteiger partial charge is 0.254 e. The van der Waals surface area contributed by atoms with Crippen LogP contribution in [-0.4, -0.2) is 45.3 Å². The zero-order valence-corrected chi connectivity index (χ0v) is 20.3. The summed E-state index contributed by atoms with van der Waals surface area (Å²) in [6.07, 6.45) is 4.01. The zero-order chi connectivity index (χ0) is 23.2. The maximum absolute atomic E-state index is 4.98. The summed E-state index contributed by atoms with van der Waals surface area (Å²) in [4.78, 5) is 14.9. The molecule has 4 aromatic rings. The van der Waals surface area contributed by atoms with Crippen LogP contribution in [0.4, 0.5) is 11.5 Å². The van der Waals surface area contributed by atoms with Gasteiger partial charge in [-0.05, 0) is 63.3 Å². The fourth-order valence-electron chi connectivity index (χ4n) is 5.53. The van der Waals surface area contributed by atoms with Crippen molar-refractivity contribution >= 4 is 17.3 Å². The molecule has 0 spiro atoms. The standard InChI is InChI=1S/C28H32N6/c1-19-10-12-22(13-11-19)17-26-30-28-29-25-9-5-8-24(25)27(34(28)31-26)32-14-15-33(21(3)18-32)23-7-4-6-20(2)16-23/h4,6-7,10-13,16,21H,5,8-9,14-15,17-18H2,1-3H3/t21-/m1/s1. The van der Waals surface area contributed by atoms with Gasteiger partial charge < -0.3 is 9.80 Å². The molecular weight excluding hydrogens is 420 g/mol. The molecule has 6 heteroatoms. The summed E-state index contributed by atoms with van der Waals surface area (Å²) in [5.74, 6) is 2.80. The van der Waals surface area contributed by atoms with E-state index < -0.39 is 0 Å². The summed E-state index contributed by atoms with van der Waals surface area (Å²) in [7, 11) is 0. The van der Waals surface area contributed by atoms with E-state index >= 15 is 0 Å². The van der Waals surface area contributed by atoms with Crippen LogP contribution in [0.1, 0.15) is 47.1 Å². The molecule has 174 valence electrons. The normalized spacial score (nSPS) is 18.0. The van der Waals surface area contributed by atoms with Crippen LogP contribution in [0.3, 0.4) is 0 Å². The molecule has 1 aliphatic carbocycles. The lowest BCUT2D eigenvalue weighted by Crippen LogP contribution is -2.53. The largest absolute Gasteiger partial charge is 0.365 e. The molecule has 1 atom stereocenters. The highest BCUT2D eigenvalue weighted by atomic mass is 15.4. The zero-order valence-electron chi connectivity index (χ0n) is 20.3. The highest BCUT2D eigenvalue weighted by Crippen LogP contribution is 2.33. The number of rotatable bonds is 4. The molecule has 1 aliphatic heterocycles. The number of anilines is 2. The van der Waals surface area contributed by atoms with Crippen molar-refractivity contribution in [2.75, 3.05) is 29.4 Å². The Morgan fingerprint density at radius 3 is 2.59 bits per heavy atom. The number of benzene rings is 2. The third kappa shape index (κ3) is 3.81. The number of hydrogen-bond donors (Lipinski definition) is 0. The van der Waals surface area contributed by atoms with Crippen LogP contribution in [0.15, 0.2) is 48.5 Å². The molecule has 34 heavy (non-hydrogen) atoms. The summed E-state index contributed by atoms with van der Waals surface area (Å²) in [5.41, 5.74) is 7.71. The quantitative estimate of drug-likeness (QED) is 0.455. The molecule has 0 bridgehead atoms. The summed E-state index contributed by atoms with van der Waals surface area (Å²) >= 11 is 0. The van der Waals surface area contributed by atoms with Crippen molar-refractivity contribution in [3.05, 3.63) is 82.3 Å². The van der Waals surface area contributed by atoms with Crippen LogP contribution in [0.25, 0.3) is 5.78 Å². The van der Waals surface area contributed by atoms with Gasteiger partial charge in [0.1, 0.15) is 5.82 Å². The fourth-order valence-corrected chi connectivity index (χ4v) is 5.53. The molecule has 0 amide bonds. The first-order valence-corrected chi connectivity index (χ1v) is 12.5. The van der Waals surface area contributed by atoms with E-state index in [4.69, 9.17) is 15.1 Å². The van der Waals surface area contributed by atoms with Gasteiger partial charge in [0, 0.05) is 43.3 Å². The van der Waals surface area contributed by atoms with Crippen molar-refractivity contribution in [3.63, 3.8) is 0 Å². The van der Waals surface area contributed by atoms with E-state index in [1.54, 1.807) is 0 Å². The molecule has 1 saturated heterocycles. The highest BCUT2D eigenvalue weighted by molar-refractivity contribution is 5.59. The van der Waals surface area contributed by atoms with Crippen molar-refractivity contribution in [2.45, 2.75) is 52.5 Å². The second-order valence-electron chi connectivity index (χ2n) is 9.94. The highest BCUT2D eigenvalue weighted by Gasteiger charge is 2.30. The van der Waals surface area contributed by atoms with Gasteiger partial charge in [-0.25, -0.2) is 4.98 Å². The lowest BCUT2D eigenvalue weighted by Gasteiger charge is -2.42. The summed E-state index contributed by atoms with van der Waals surface area (Å²) in [6.45, 7) is 9.54. The van der Waals surface area contributed by atoms with Gasteiger partial charge in [-0.1, -0.05) is 42.0 Å². The molecule has 0 saturated carbocycles. The van der Waals surface area contributed by atoms with E-state index in [0.29, 0.717) is 6.04 Å². The van der Waals surface area contributed by atoms with Crippen molar-refractivity contribution in [1.82, 2.24) is 19.6 Å². The van der Waals surface area contributed by atoms with Gasteiger partial charge >= 0.3 is 0 Å². The maximum Gasteiger partial charge on any atom is 0.254 e. The molecule has 0 N–H and O–H groups in total. The van der Waals surface area contributed by atoms with E-state index in [9.17, 15) is 0 Å². The number of hydrogen-bond acceptors (Lipinski definition) is 5. The van der Waals surface area contributed by atoms with E-state index in [1.165, 1.54) is 39.5 Å². The predicted octanol–water partition coefficient (Wildman–Crippen LogP) is 4.54. The lowest BCUT2D eigenvalue weighted by molar-refractivity contribution is 0.541. The molecule has 6 nitrogen and oxygen atoms in total. The first-order chi connectivity index (χ1) is 16.5. The van der Waals surface area contributed by atoms with Gasteiger partial charge in [-0.2, -0.15) is 9.50 Å². The van der Waals surface area contributed by atoms with Crippen LogP contribution in [0.5, 0.6) is 0 Å². The van der Waals surface area contributed by atoms with Gasteiger partial charge in [-0.3, -0.25) is 0 Å². The molecular formula is C28H32N6. The average Bonchev–Trinajstić information content (AvgIpc) is 3.45. The van der Waals surface area contributed by atoms with Crippen LogP contribution in [-0.2, 0) is 19.3 Å². The third-order valence-electron chi connectivity index (χ3n) is 7.27. The van der Waals surface area contributed by atoms with Crippen molar-refractivity contribution in [2.24, 2.45) is 0 Å². The maximum atomic E-state index is 4.98. The summed E-state index contributed by atoms with van der Waals surface area (Å²) in [5, 5.41) is 4.98. The number of piperazine rings is 1. The first-order valence-electron chi connectivity index (χ1n) is 12.5. The molecule has 3 heterocycles. The van der Waals surface area contributed by atoms with Gasteiger partial charge in [0.2, 0.25) is 0 Å². The van der Waals surface area contributed by atoms with E-state index in [1.807, 2.05) is 4.52 Å². The second-order valence-corrected chi connectivity index (χ2v) is 9.94. The van der Waals surface area contributed by atoms with Crippen molar-refractivity contribution in [3.8, 4) is 0 Å². The van der Waals surface area contributed by atoms with Crippen molar-refractivity contribution in [1.29, 1.82) is 0 Å². The molecule has 0 unspecified atom stereocenters. The lowest BCUT2D eigenvalue weighted by atomic mass is 10.1. The van der Waals surface area contributed by atoms with Gasteiger partial charge in [-0.15, -0.1) is 5.10 Å². The van der Waals surface area contributed by atoms with E-state index in [2.05, 4.69) is 79.1 Å². The molecule has 2 aliphatic rings. The van der Waals surface area contributed by atoms with E-state index in [-0.39, 0.29) is 0 Å². The van der Waals surface area contributed by atoms with Gasteiger partial charge in [0.15, 0.2) is 5.82 Å². The Kier molecular flexibility index (Phi) is 5.24. The molecule has 1 fully saturated rings. The number of fused-ring (bicyclic) bond motifs is 2. The number of aryl methyl sites for hydroxylation is 3.